The van der Waals surface area contributed by atoms with Gasteiger partial charge in [0.2, 0.25) is 0 Å². The minimum atomic E-state index is -0.364. The Balaban J connectivity index is 1.22. The molecule has 5 rings (SSSR count). The Morgan fingerprint density at radius 3 is 2.44 bits per heavy atom. The quantitative estimate of drug-likeness (QED) is 0.264. The molecule has 7 heteroatoms. The van der Waals surface area contributed by atoms with Gasteiger partial charge in [0.25, 0.3) is 0 Å². The molecule has 0 unspecified atom stereocenters. The number of piperidine rings is 1. The van der Waals surface area contributed by atoms with Crippen molar-refractivity contribution in [1.29, 1.82) is 0 Å². The summed E-state index contributed by atoms with van der Waals surface area (Å²) in [7, 11) is 0. The second-order valence-corrected chi connectivity index (χ2v) is 9.13. The highest BCUT2D eigenvalue weighted by Crippen LogP contribution is 2.27. The summed E-state index contributed by atoms with van der Waals surface area (Å²) in [6.45, 7) is 2.44. The molecule has 1 aromatic heterocycles. The summed E-state index contributed by atoms with van der Waals surface area (Å²) in [5.74, 6) is 0.201. The van der Waals surface area contributed by atoms with Crippen LogP contribution in [0.1, 0.15) is 28.8 Å². The number of anilines is 3. The van der Waals surface area contributed by atoms with E-state index in [4.69, 9.17) is 5.73 Å². The number of nitrogens with zero attached hydrogens (tertiary/aromatic N) is 2. The second kappa shape index (κ2) is 10.5. The molecule has 0 atom stereocenters. The van der Waals surface area contributed by atoms with Crippen molar-refractivity contribution in [2.75, 3.05) is 35.6 Å². The van der Waals surface area contributed by atoms with Gasteiger partial charge in [0.05, 0.1) is 11.4 Å². The maximum atomic E-state index is 13.4. The molecule has 0 radical (unpaired) electrons. The van der Waals surface area contributed by atoms with Crippen LogP contribution in [0.3, 0.4) is 0 Å². The summed E-state index contributed by atoms with van der Waals surface area (Å²) in [5.41, 5.74) is 8.95. The van der Waals surface area contributed by atoms with Gasteiger partial charge in [-0.2, -0.15) is 0 Å². The Bertz CT molecular complexity index is 1380. The van der Waals surface area contributed by atoms with E-state index < -0.39 is 0 Å². The summed E-state index contributed by atoms with van der Waals surface area (Å²) in [6.07, 6.45) is 5.59. The molecular weight excluding hydrogens is 450 g/mol. The summed E-state index contributed by atoms with van der Waals surface area (Å²) < 4.78 is 0. The number of hydrogen-bond donors (Lipinski definition) is 3. The van der Waals surface area contributed by atoms with Gasteiger partial charge >= 0.3 is 6.03 Å². The van der Waals surface area contributed by atoms with Gasteiger partial charge in [-0.3, -0.25) is 9.78 Å². The van der Waals surface area contributed by atoms with E-state index >= 15 is 0 Å². The van der Waals surface area contributed by atoms with Crippen LogP contribution in [0.5, 0.6) is 0 Å². The molecule has 4 aromatic rings. The Hall–Kier alpha value is -4.39. The van der Waals surface area contributed by atoms with E-state index in [-0.39, 0.29) is 11.8 Å². The maximum absolute atomic E-state index is 13.4. The highest BCUT2D eigenvalue weighted by Gasteiger charge is 2.21. The first-order valence-electron chi connectivity index (χ1n) is 12.2. The van der Waals surface area contributed by atoms with Crippen LogP contribution in [-0.4, -0.2) is 36.4 Å². The van der Waals surface area contributed by atoms with E-state index in [0.717, 1.165) is 36.7 Å². The second-order valence-electron chi connectivity index (χ2n) is 9.13. The molecule has 1 aliphatic rings. The van der Waals surface area contributed by atoms with Crippen LogP contribution in [-0.2, 0) is 0 Å². The van der Waals surface area contributed by atoms with Crippen molar-refractivity contribution in [3.05, 3.63) is 96.3 Å². The number of aromatic nitrogens is 1. The molecule has 1 saturated heterocycles. The summed E-state index contributed by atoms with van der Waals surface area (Å²) in [5, 5.41) is 7.84. The van der Waals surface area contributed by atoms with Crippen molar-refractivity contribution >= 4 is 39.6 Å². The number of para-hydroxylation sites is 1. The number of ketones is 1. The average Bonchev–Trinajstić information content (AvgIpc) is 2.93. The van der Waals surface area contributed by atoms with E-state index in [0.29, 0.717) is 35.0 Å². The van der Waals surface area contributed by atoms with E-state index in [1.165, 1.54) is 5.69 Å². The largest absolute Gasteiger partial charge is 0.397 e. The predicted molar refractivity (Wildman–Crippen MR) is 144 cm³/mol. The number of benzene rings is 3. The molecule has 3 aromatic carbocycles. The fourth-order valence-electron chi connectivity index (χ4n) is 4.73. The zero-order chi connectivity index (χ0) is 24.9. The van der Waals surface area contributed by atoms with Crippen molar-refractivity contribution in [2.45, 2.75) is 12.8 Å². The van der Waals surface area contributed by atoms with E-state index in [1.54, 1.807) is 24.3 Å². The lowest BCUT2D eigenvalue weighted by atomic mass is 9.96. The molecule has 0 aliphatic carbocycles. The summed E-state index contributed by atoms with van der Waals surface area (Å²) in [4.78, 5) is 32.6. The molecule has 1 fully saturated rings. The molecule has 0 spiro atoms. The standard InChI is InChI=1S/C29H29N5O2/c30-26-7-3-6-25(28(35)23-9-8-21-4-1-2-5-22(21)18-23)27(26)33-29(36)32-19-20-12-16-34(17-13-20)24-10-14-31-15-11-24/h1-11,14-15,18,20H,12-13,16-17,19,30H2,(H2,32,33,36). The topological polar surface area (TPSA) is 100 Å². The molecular formula is C29H29N5O2. The SMILES string of the molecule is Nc1cccc(C(=O)c2ccc3ccccc3c2)c1NC(=O)NCC1CCN(c2ccncc2)CC1. The number of nitrogens with two attached hydrogens (primary N) is 1. The fourth-order valence-corrected chi connectivity index (χ4v) is 4.73. The molecule has 182 valence electrons. The van der Waals surface area contributed by atoms with Gasteiger partial charge < -0.3 is 21.3 Å². The smallest absolute Gasteiger partial charge is 0.319 e. The lowest BCUT2D eigenvalue weighted by Crippen LogP contribution is -2.40. The van der Waals surface area contributed by atoms with Gasteiger partial charge in [-0.25, -0.2) is 4.79 Å². The van der Waals surface area contributed by atoms with Crippen molar-refractivity contribution < 1.29 is 9.59 Å². The highest BCUT2D eigenvalue weighted by atomic mass is 16.2. The van der Waals surface area contributed by atoms with Crippen LogP contribution in [0.15, 0.2) is 85.2 Å². The first-order chi connectivity index (χ1) is 17.6. The summed E-state index contributed by atoms with van der Waals surface area (Å²) in [6, 6.07) is 22.3. The lowest BCUT2D eigenvalue weighted by molar-refractivity contribution is 0.103. The molecule has 2 amide bonds. The third-order valence-electron chi connectivity index (χ3n) is 6.79. The first kappa shape index (κ1) is 23.4. The number of carbonyl (C=O) groups excluding carboxylic acids is 2. The van der Waals surface area contributed by atoms with Crippen LogP contribution in [0.4, 0.5) is 21.9 Å². The number of pyridine rings is 1. The summed E-state index contributed by atoms with van der Waals surface area (Å²) >= 11 is 0. The Labute approximate surface area is 210 Å². The Morgan fingerprint density at radius 1 is 0.917 bits per heavy atom. The minimum Gasteiger partial charge on any atom is -0.397 e. The van der Waals surface area contributed by atoms with Gasteiger partial charge in [-0.05, 0) is 59.9 Å². The Kier molecular flexibility index (Phi) is 6.80. The van der Waals surface area contributed by atoms with E-state index in [1.807, 2.05) is 60.9 Å². The maximum Gasteiger partial charge on any atom is 0.319 e. The third-order valence-corrected chi connectivity index (χ3v) is 6.79. The highest BCUT2D eigenvalue weighted by molar-refractivity contribution is 6.16. The number of nitrogens with one attached hydrogen (secondary N) is 2. The number of nitrogen functional groups attached to an aromatic ring is 1. The van der Waals surface area contributed by atoms with Crippen molar-refractivity contribution in [2.24, 2.45) is 5.92 Å². The van der Waals surface area contributed by atoms with E-state index in [2.05, 4.69) is 20.5 Å². The monoisotopic (exact) mass is 479 g/mol. The minimum absolute atomic E-state index is 0.188. The van der Waals surface area contributed by atoms with Crippen LogP contribution >= 0.6 is 0 Å². The van der Waals surface area contributed by atoms with Crippen molar-refractivity contribution in [3.8, 4) is 0 Å². The lowest BCUT2D eigenvalue weighted by Gasteiger charge is -2.33. The third kappa shape index (κ3) is 5.15. The molecule has 1 aliphatic heterocycles. The molecule has 2 heterocycles. The first-order valence-corrected chi connectivity index (χ1v) is 12.2. The van der Waals surface area contributed by atoms with Gasteiger partial charge in [-0.15, -0.1) is 0 Å². The van der Waals surface area contributed by atoms with Gasteiger partial charge in [0, 0.05) is 48.8 Å². The number of urea groups is 1. The van der Waals surface area contributed by atoms with E-state index in [9.17, 15) is 9.59 Å². The zero-order valence-electron chi connectivity index (χ0n) is 20.0. The number of hydrogen-bond acceptors (Lipinski definition) is 5. The van der Waals surface area contributed by atoms with Gasteiger partial charge in [0.1, 0.15) is 0 Å². The molecule has 0 saturated carbocycles. The normalized spacial score (nSPS) is 13.9. The average molecular weight is 480 g/mol. The molecule has 0 bridgehead atoms. The number of rotatable bonds is 6. The van der Waals surface area contributed by atoms with Gasteiger partial charge in [-0.1, -0.05) is 42.5 Å². The predicted octanol–water partition coefficient (Wildman–Crippen LogP) is 5.09. The molecule has 36 heavy (non-hydrogen) atoms. The van der Waals surface area contributed by atoms with Gasteiger partial charge in [0.15, 0.2) is 5.78 Å². The van der Waals surface area contributed by atoms with Crippen LogP contribution < -0.4 is 21.3 Å². The number of amides is 2. The van der Waals surface area contributed by atoms with Crippen LogP contribution in [0, 0.1) is 5.92 Å². The van der Waals surface area contributed by atoms with Crippen molar-refractivity contribution in [1.82, 2.24) is 10.3 Å². The molecule has 7 nitrogen and oxygen atoms in total. The fraction of sp³-hybridized carbons (Fsp3) is 0.207. The van der Waals surface area contributed by atoms with Crippen molar-refractivity contribution in [3.63, 3.8) is 0 Å². The number of carbonyl (C=O) groups is 2. The number of fused-ring (bicyclic) bond motifs is 1. The zero-order valence-corrected chi connectivity index (χ0v) is 20.0. The molecule has 4 N–H and O–H groups in total. The van der Waals surface area contributed by atoms with Crippen LogP contribution in [0.25, 0.3) is 10.8 Å². The van der Waals surface area contributed by atoms with Crippen LogP contribution in [0.2, 0.25) is 0 Å². The Morgan fingerprint density at radius 2 is 1.67 bits per heavy atom.